The Morgan fingerprint density at radius 2 is 1.85 bits per heavy atom. The van der Waals surface area contributed by atoms with Gasteiger partial charge in [-0.15, -0.1) is 0 Å². The average molecular weight is 416 g/mol. The number of carbonyl (C=O) groups is 2. The number of halogens is 2. The first-order valence-corrected chi connectivity index (χ1v) is 8.78. The van der Waals surface area contributed by atoms with E-state index in [1.165, 1.54) is 19.1 Å². The molecule has 0 bridgehead atoms. The maximum absolute atomic E-state index is 12.2. The van der Waals surface area contributed by atoms with Crippen LogP contribution in [0.5, 0.6) is 5.75 Å². The van der Waals surface area contributed by atoms with Gasteiger partial charge in [0, 0.05) is 11.5 Å². The number of aryl methyl sites for hydroxylation is 1. The minimum atomic E-state index is -0.995. The molecule has 2 rings (SSSR count). The van der Waals surface area contributed by atoms with E-state index in [1.807, 2.05) is 0 Å². The number of fused-ring (bicyclic) bond motifs is 1. The number of nitrogens with one attached hydrogen (secondary N) is 1. The highest BCUT2D eigenvalue weighted by Gasteiger charge is 2.23. The van der Waals surface area contributed by atoms with Gasteiger partial charge in [-0.2, -0.15) is 0 Å². The van der Waals surface area contributed by atoms with Gasteiger partial charge in [0.1, 0.15) is 22.2 Å². The Balaban J connectivity index is 2.21. The quantitative estimate of drug-likeness (QED) is 0.457. The minimum Gasteiger partial charge on any atom is -0.444 e. The zero-order valence-corrected chi connectivity index (χ0v) is 16.9. The summed E-state index contributed by atoms with van der Waals surface area (Å²) >= 11 is 12.0. The summed E-state index contributed by atoms with van der Waals surface area (Å²) in [6.07, 6.45) is -0.757. The van der Waals surface area contributed by atoms with Gasteiger partial charge in [-0.1, -0.05) is 23.2 Å². The van der Waals surface area contributed by atoms with Crippen molar-refractivity contribution in [3.05, 3.63) is 38.2 Å². The first-order valence-electron chi connectivity index (χ1n) is 8.02. The van der Waals surface area contributed by atoms with Gasteiger partial charge in [0.2, 0.25) is 0 Å². The molecular weight excluding hydrogens is 397 g/mol. The molecule has 0 radical (unpaired) electrons. The molecular formula is C18H19Cl2NO6. The van der Waals surface area contributed by atoms with Crippen molar-refractivity contribution in [2.45, 2.75) is 46.3 Å². The SMILES string of the molecule is Cc1c(Cl)c(=O)oc2cc(OC(=O)C(C)NC(=O)OC(C)(C)C)c(Cl)cc12. The summed E-state index contributed by atoms with van der Waals surface area (Å²) in [5.74, 6) is -0.785. The molecule has 1 atom stereocenters. The molecule has 9 heteroatoms. The lowest BCUT2D eigenvalue weighted by molar-refractivity contribution is -0.136. The van der Waals surface area contributed by atoms with Crippen LogP contribution in [0.2, 0.25) is 10.0 Å². The van der Waals surface area contributed by atoms with Crippen molar-refractivity contribution >= 4 is 46.2 Å². The summed E-state index contributed by atoms with van der Waals surface area (Å²) in [6, 6.07) is 1.81. The van der Waals surface area contributed by atoms with Gasteiger partial charge in [-0.25, -0.2) is 14.4 Å². The fourth-order valence-electron chi connectivity index (χ4n) is 2.15. The number of carbonyl (C=O) groups excluding carboxylic acids is 2. The molecule has 1 aromatic carbocycles. The van der Waals surface area contributed by atoms with Gasteiger partial charge in [0.15, 0.2) is 5.75 Å². The predicted molar refractivity (Wildman–Crippen MR) is 102 cm³/mol. The van der Waals surface area contributed by atoms with Crippen LogP contribution in [0.25, 0.3) is 11.0 Å². The van der Waals surface area contributed by atoms with Crippen LogP contribution in [-0.4, -0.2) is 23.7 Å². The third kappa shape index (κ3) is 5.14. The first-order chi connectivity index (χ1) is 12.4. The lowest BCUT2D eigenvalue weighted by Crippen LogP contribution is -2.43. The summed E-state index contributed by atoms with van der Waals surface area (Å²) < 4.78 is 15.4. The van der Waals surface area contributed by atoms with Crippen molar-refractivity contribution < 1.29 is 23.5 Å². The van der Waals surface area contributed by atoms with Crippen molar-refractivity contribution in [3.8, 4) is 5.75 Å². The van der Waals surface area contributed by atoms with E-state index >= 15 is 0 Å². The summed E-state index contributed by atoms with van der Waals surface area (Å²) in [5, 5.41) is 2.96. The molecule has 0 saturated carbocycles. The number of amides is 1. The third-order valence-electron chi connectivity index (χ3n) is 3.45. The van der Waals surface area contributed by atoms with Crippen LogP contribution in [0.1, 0.15) is 33.3 Å². The number of hydrogen-bond acceptors (Lipinski definition) is 6. The number of esters is 1. The van der Waals surface area contributed by atoms with E-state index in [-0.39, 0.29) is 21.4 Å². The second kappa shape index (κ2) is 7.78. The smallest absolute Gasteiger partial charge is 0.408 e. The molecule has 2 aromatic rings. The molecule has 1 aromatic heterocycles. The van der Waals surface area contributed by atoms with Gasteiger partial charge in [0.05, 0.1) is 5.02 Å². The van der Waals surface area contributed by atoms with Crippen LogP contribution in [0.15, 0.2) is 21.3 Å². The van der Waals surface area contributed by atoms with Crippen LogP contribution < -0.4 is 15.7 Å². The van der Waals surface area contributed by atoms with Gasteiger partial charge >= 0.3 is 17.7 Å². The zero-order valence-electron chi connectivity index (χ0n) is 15.4. The summed E-state index contributed by atoms with van der Waals surface area (Å²) in [4.78, 5) is 35.7. The van der Waals surface area contributed by atoms with E-state index in [0.29, 0.717) is 10.9 Å². The van der Waals surface area contributed by atoms with E-state index < -0.39 is 29.3 Å². The Labute approximate surface area is 165 Å². The Kier molecular flexibility index (Phi) is 6.07. The van der Waals surface area contributed by atoms with Crippen LogP contribution in [0.3, 0.4) is 0 Å². The number of rotatable bonds is 3. The second-order valence-corrected chi connectivity index (χ2v) is 7.68. The summed E-state index contributed by atoms with van der Waals surface area (Å²) in [7, 11) is 0. The van der Waals surface area contributed by atoms with E-state index in [1.54, 1.807) is 27.7 Å². The van der Waals surface area contributed by atoms with Crippen LogP contribution in [0.4, 0.5) is 4.79 Å². The van der Waals surface area contributed by atoms with Crippen LogP contribution in [-0.2, 0) is 9.53 Å². The number of benzene rings is 1. The highest BCUT2D eigenvalue weighted by Crippen LogP contribution is 2.33. The number of ether oxygens (including phenoxy) is 2. The lowest BCUT2D eigenvalue weighted by atomic mass is 10.1. The predicted octanol–water partition coefficient (Wildman–Crippen LogP) is 4.23. The maximum atomic E-state index is 12.2. The Morgan fingerprint density at radius 3 is 2.44 bits per heavy atom. The van der Waals surface area contributed by atoms with Gasteiger partial charge in [-0.05, 0) is 46.2 Å². The molecule has 1 amide bonds. The molecule has 0 aliphatic carbocycles. The fourth-order valence-corrected chi connectivity index (χ4v) is 2.49. The first kappa shape index (κ1) is 21.1. The third-order valence-corrected chi connectivity index (χ3v) is 4.18. The molecule has 0 saturated heterocycles. The molecule has 146 valence electrons. The summed E-state index contributed by atoms with van der Waals surface area (Å²) in [6.45, 7) is 8.19. The largest absolute Gasteiger partial charge is 0.444 e. The Hall–Kier alpha value is -2.25. The van der Waals surface area contributed by atoms with E-state index in [2.05, 4.69) is 5.32 Å². The monoisotopic (exact) mass is 415 g/mol. The van der Waals surface area contributed by atoms with Crippen molar-refractivity contribution in [2.75, 3.05) is 0 Å². The molecule has 1 N–H and O–H groups in total. The van der Waals surface area contributed by atoms with Crippen molar-refractivity contribution in [1.29, 1.82) is 0 Å². The maximum Gasteiger partial charge on any atom is 0.408 e. The highest BCUT2D eigenvalue weighted by molar-refractivity contribution is 6.34. The van der Waals surface area contributed by atoms with Gasteiger partial charge < -0.3 is 19.2 Å². The molecule has 0 fully saturated rings. The lowest BCUT2D eigenvalue weighted by Gasteiger charge is -2.21. The van der Waals surface area contributed by atoms with Crippen molar-refractivity contribution in [2.24, 2.45) is 0 Å². The van der Waals surface area contributed by atoms with Crippen LogP contribution >= 0.6 is 23.2 Å². The molecule has 1 heterocycles. The average Bonchev–Trinajstić information content (AvgIpc) is 2.52. The molecule has 0 aliphatic rings. The zero-order chi connectivity index (χ0) is 20.5. The molecule has 0 aliphatic heterocycles. The topological polar surface area (TPSA) is 94.8 Å². The summed E-state index contributed by atoms with van der Waals surface area (Å²) in [5.41, 5.74) is -0.739. The Bertz CT molecular complexity index is 961. The second-order valence-electron chi connectivity index (χ2n) is 6.90. The number of hydrogen-bond donors (Lipinski definition) is 1. The standard InChI is InChI=1S/C18H19Cl2NO6/c1-8-10-6-11(19)13(7-12(10)25-16(23)14(8)20)26-15(22)9(2)21-17(24)27-18(3,4)5/h6-7,9H,1-5H3,(H,21,24). The molecule has 0 spiro atoms. The van der Waals surface area contributed by atoms with Gasteiger partial charge in [-0.3, -0.25) is 0 Å². The normalized spacial score (nSPS) is 12.6. The van der Waals surface area contributed by atoms with Crippen molar-refractivity contribution in [3.63, 3.8) is 0 Å². The van der Waals surface area contributed by atoms with Gasteiger partial charge in [0.25, 0.3) is 0 Å². The molecule has 7 nitrogen and oxygen atoms in total. The van der Waals surface area contributed by atoms with Crippen molar-refractivity contribution in [1.82, 2.24) is 5.32 Å². The van der Waals surface area contributed by atoms with E-state index in [9.17, 15) is 14.4 Å². The van der Waals surface area contributed by atoms with E-state index in [4.69, 9.17) is 37.1 Å². The Morgan fingerprint density at radius 1 is 1.22 bits per heavy atom. The highest BCUT2D eigenvalue weighted by atomic mass is 35.5. The minimum absolute atomic E-state index is 0.0168. The fraction of sp³-hybridized carbons (Fsp3) is 0.389. The molecule has 1 unspecified atom stereocenters. The molecule has 27 heavy (non-hydrogen) atoms. The van der Waals surface area contributed by atoms with E-state index in [0.717, 1.165) is 0 Å². The number of alkyl carbamates (subject to hydrolysis) is 1. The van der Waals surface area contributed by atoms with Crippen LogP contribution in [0, 0.1) is 6.92 Å².